The second-order valence-electron chi connectivity index (χ2n) is 3.83. The fourth-order valence-electron chi connectivity index (χ4n) is 1.48. The molecule has 2 nitrogen and oxygen atoms in total. The molecule has 2 rings (SSSR count). The molecule has 4 heteroatoms. The summed E-state index contributed by atoms with van der Waals surface area (Å²) in [5, 5.41) is 1.13. The van der Waals surface area contributed by atoms with Crippen molar-refractivity contribution in [3.63, 3.8) is 0 Å². The molecule has 0 saturated carbocycles. The highest BCUT2D eigenvalue weighted by Crippen LogP contribution is 2.24. The number of ketones is 1. The molecule has 0 unspecified atom stereocenters. The van der Waals surface area contributed by atoms with Gasteiger partial charge in [0.1, 0.15) is 0 Å². The van der Waals surface area contributed by atoms with Gasteiger partial charge in [0.25, 0.3) is 0 Å². The van der Waals surface area contributed by atoms with E-state index in [9.17, 15) is 4.79 Å². The lowest BCUT2D eigenvalue weighted by Crippen LogP contribution is -2.00. The van der Waals surface area contributed by atoms with Gasteiger partial charge in [0.15, 0.2) is 5.78 Å². The summed E-state index contributed by atoms with van der Waals surface area (Å²) in [7, 11) is 0. The van der Waals surface area contributed by atoms with Gasteiger partial charge in [0.05, 0.1) is 5.03 Å². The number of carbonyl (C=O) groups is 1. The Morgan fingerprint density at radius 1 is 1.05 bits per heavy atom. The summed E-state index contributed by atoms with van der Waals surface area (Å²) in [6.45, 7) is 0. The molecule has 0 fully saturated rings. The number of halogens is 1. The number of hydrogen-bond acceptors (Lipinski definition) is 3. The lowest BCUT2D eigenvalue weighted by atomic mass is 10.1. The van der Waals surface area contributed by atoms with Crippen LogP contribution in [0.5, 0.6) is 0 Å². The fourth-order valence-corrected chi connectivity index (χ4v) is 2.32. The summed E-state index contributed by atoms with van der Waals surface area (Å²) in [5.41, 5.74) is 6.48. The second kappa shape index (κ2) is 6.45. The molecule has 2 N–H and O–H groups in total. The molecule has 2 aromatic carbocycles. The molecule has 0 radical (unpaired) electrons. The van der Waals surface area contributed by atoms with Crippen LogP contribution >= 0.6 is 23.4 Å². The van der Waals surface area contributed by atoms with E-state index >= 15 is 0 Å². The minimum atomic E-state index is -0.0976. The maximum Gasteiger partial charge on any atom is 0.188 e. The van der Waals surface area contributed by atoms with Gasteiger partial charge in [-0.3, -0.25) is 4.79 Å². The minimum Gasteiger partial charge on any atom is -0.393 e. The van der Waals surface area contributed by atoms with Crippen LogP contribution in [-0.2, 0) is 0 Å². The van der Waals surface area contributed by atoms with E-state index in [0.29, 0.717) is 15.6 Å². The van der Waals surface area contributed by atoms with E-state index in [1.54, 1.807) is 24.3 Å². The molecular weight excluding hydrogens is 278 g/mol. The number of allylic oxidation sites excluding steroid dienone is 1. The predicted octanol–water partition coefficient (Wildman–Crippen LogP) is 4.12. The highest BCUT2D eigenvalue weighted by molar-refractivity contribution is 8.03. The molecule has 0 aliphatic heterocycles. The third-order valence-corrected chi connectivity index (χ3v) is 3.49. The van der Waals surface area contributed by atoms with Crippen LogP contribution in [0.1, 0.15) is 10.4 Å². The van der Waals surface area contributed by atoms with Crippen molar-refractivity contribution in [3.05, 3.63) is 76.3 Å². The van der Waals surface area contributed by atoms with Crippen molar-refractivity contribution in [2.24, 2.45) is 5.73 Å². The molecule has 0 bridgehead atoms. The van der Waals surface area contributed by atoms with Gasteiger partial charge in [-0.05, 0) is 24.3 Å². The van der Waals surface area contributed by atoms with Gasteiger partial charge in [-0.25, -0.2) is 0 Å². The Kier molecular flexibility index (Phi) is 4.66. The monoisotopic (exact) mass is 289 g/mol. The van der Waals surface area contributed by atoms with Crippen molar-refractivity contribution in [1.29, 1.82) is 0 Å². The molecule has 19 heavy (non-hydrogen) atoms. The van der Waals surface area contributed by atoms with Crippen LogP contribution < -0.4 is 5.73 Å². The van der Waals surface area contributed by atoms with Gasteiger partial charge in [-0.2, -0.15) is 0 Å². The van der Waals surface area contributed by atoms with Gasteiger partial charge in [0.2, 0.25) is 0 Å². The summed E-state index contributed by atoms with van der Waals surface area (Å²) >= 11 is 7.14. The van der Waals surface area contributed by atoms with E-state index in [-0.39, 0.29) is 5.78 Å². The maximum atomic E-state index is 11.9. The summed E-state index contributed by atoms with van der Waals surface area (Å²) in [4.78, 5) is 12.9. The highest BCUT2D eigenvalue weighted by Gasteiger charge is 2.03. The lowest BCUT2D eigenvalue weighted by Gasteiger charge is -2.02. The summed E-state index contributed by atoms with van der Waals surface area (Å²) < 4.78 is 0. The van der Waals surface area contributed by atoms with Gasteiger partial charge in [-0.1, -0.05) is 53.7 Å². The molecule has 0 amide bonds. The first-order chi connectivity index (χ1) is 9.15. The zero-order valence-electron chi connectivity index (χ0n) is 10.0. The number of nitrogens with two attached hydrogens (primary N) is 1. The molecule has 0 aliphatic rings. The van der Waals surface area contributed by atoms with Crippen molar-refractivity contribution in [2.45, 2.75) is 4.90 Å². The maximum absolute atomic E-state index is 11.9. The van der Waals surface area contributed by atoms with Gasteiger partial charge >= 0.3 is 0 Å². The fraction of sp³-hybridized carbons (Fsp3) is 0. The minimum absolute atomic E-state index is 0.0976. The normalized spacial score (nSPS) is 11.3. The Balaban J connectivity index is 2.07. The summed E-state index contributed by atoms with van der Waals surface area (Å²) in [5.74, 6) is -0.0976. The van der Waals surface area contributed by atoms with Crippen molar-refractivity contribution in [1.82, 2.24) is 0 Å². The highest BCUT2D eigenvalue weighted by atomic mass is 35.5. The number of benzene rings is 2. The SMILES string of the molecule is N/C(=C\C(=O)c1ccccc1)Sc1ccc(Cl)cc1. The molecule has 0 atom stereocenters. The van der Waals surface area contributed by atoms with Crippen molar-refractivity contribution < 1.29 is 4.79 Å². The van der Waals surface area contributed by atoms with Crippen molar-refractivity contribution in [2.75, 3.05) is 0 Å². The Morgan fingerprint density at radius 2 is 1.68 bits per heavy atom. The zero-order valence-corrected chi connectivity index (χ0v) is 11.6. The Hall–Kier alpha value is -1.71. The second-order valence-corrected chi connectivity index (χ2v) is 5.42. The average molecular weight is 290 g/mol. The molecule has 96 valence electrons. The third-order valence-electron chi connectivity index (χ3n) is 2.38. The first-order valence-corrected chi connectivity index (χ1v) is 6.84. The predicted molar refractivity (Wildman–Crippen MR) is 80.4 cm³/mol. The van der Waals surface area contributed by atoms with E-state index in [1.165, 1.54) is 17.8 Å². The Bertz CT molecular complexity index is 593. The van der Waals surface area contributed by atoms with Crippen molar-refractivity contribution in [3.8, 4) is 0 Å². The van der Waals surface area contributed by atoms with Crippen LogP contribution in [0.2, 0.25) is 5.02 Å². The number of thioether (sulfide) groups is 1. The molecular formula is C15H12ClNOS. The molecule has 0 heterocycles. The quantitative estimate of drug-likeness (QED) is 0.523. The lowest BCUT2D eigenvalue weighted by molar-refractivity contribution is 0.104. The van der Waals surface area contributed by atoms with Gasteiger partial charge in [-0.15, -0.1) is 0 Å². The van der Waals surface area contributed by atoms with E-state index in [1.807, 2.05) is 30.3 Å². The number of rotatable bonds is 4. The molecule has 0 spiro atoms. The largest absolute Gasteiger partial charge is 0.393 e. The van der Waals surface area contributed by atoms with Crippen LogP contribution in [0.15, 0.2) is 70.6 Å². The molecule has 2 aromatic rings. The first kappa shape index (κ1) is 13.7. The Morgan fingerprint density at radius 3 is 2.32 bits per heavy atom. The first-order valence-electron chi connectivity index (χ1n) is 5.65. The number of hydrogen-bond donors (Lipinski definition) is 1. The van der Waals surface area contributed by atoms with E-state index in [0.717, 1.165) is 4.90 Å². The van der Waals surface area contributed by atoms with Crippen molar-refractivity contribution >= 4 is 29.1 Å². The van der Waals surface area contributed by atoms with Crippen LogP contribution in [0.25, 0.3) is 0 Å². The Labute approximate surface area is 121 Å². The van der Waals surface area contributed by atoms with Crippen LogP contribution in [-0.4, -0.2) is 5.78 Å². The summed E-state index contributed by atoms with van der Waals surface area (Å²) in [6, 6.07) is 16.3. The molecule has 0 saturated heterocycles. The van der Waals surface area contributed by atoms with E-state index in [4.69, 9.17) is 17.3 Å². The summed E-state index contributed by atoms with van der Waals surface area (Å²) in [6.07, 6.45) is 1.44. The van der Waals surface area contributed by atoms with Crippen LogP contribution in [0.4, 0.5) is 0 Å². The van der Waals surface area contributed by atoms with Crippen LogP contribution in [0.3, 0.4) is 0 Å². The van der Waals surface area contributed by atoms with E-state index < -0.39 is 0 Å². The zero-order chi connectivity index (χ0) is 13.7. The van der Waals surface area contributed by atoms with Crippen LogP contribution in [0, 0.1) is 0 Å². The van der Waals surface area contributed by atoms with Gasteiger partial charge in [0, 0.05) is 21.6 Å². The molecule has 0 aromatic heterocycles. The van der Waals surface area contributed by atoms with E-state index in [2.05, 4.69) is 0 Å². The standard InChI is InChI=1S/C15H12ClNOS/c16-12-6-8-13(9-7-12)19-15(17)10-14(18)11-4-2-1-3-5-11/h1-10H,17H2/b15-10+. The molecule has 0 aliphatic carbocycles. The smallest absolute Gasteiger partial charge is 0.188 e. The van der Waals surface area contributed by atoms with Gasteiger partial charge < -0.3 is 5.73 Å². The topological polar surface area (TPSA) is 43.1 Å². The third kappa shape index (κ3) is 4.16. The number of carbonyl (C=O) groups excluding carboxylic acids is 1. The average Bonchev–Trinajstić information content (AvgIpc) is 2.42.